The largest absolute Gasteiger partial charge is 0.384 e. The highest BCUT2D eigenvalue weighted by Crippen LogP contribution is 2.04. The van der Waals surface area contributed by atoms with Crippen molar-refractivity contribution in [2.45, 2.75) is 6.42 Å². The van der Waals surface area contributed by atoms with Gasteiger partial charge in [0.25, 0.3) is 0 Å². The van der Waals surface area contributed by atoms with Gasteiger partial charge in [-0.3, -0.25) is 4.57 Å². The summed E-state index contributed by atoms with van der Waals surface area (Å²) in [6.45, 7) is 0.573. The number of hydrogen-bond acceptors (Lipinski definition) is 4. The summed E-state index contributed by atoms with van der Waals surface area (Å²) in [4.78, 5) is 22.3. The van der Waals surface area contributed by atoms with Crippen LogP contribution < -0.4 is 5.69 Å². The number of aromatic amines is 1. The topological polar surface area (TPSA) is 72.8 Å². The first-order valence-electron chi connectivity index (χ1n) is 4.62. The highest BCUT2D eigenvalue weighted by Gasteiger charge is 2.06. The van der Waals surface area contributed by atoms with Crippen molar-refractivity contribution >= 4 is 11.2 Å². The normalized spacial score (nSPS) is 11.1. The predicted octanol–water partition coefficient (Wildman–Crippen LogP) is -0.155. The summed E-state index contributed by atoms with van der Waals surface area (Å²) in [5, 5.41) is 0. The molecule has 0 aliphatic carbocycles. The highest BCUT2D eigenvalue weighted by molar-refractivity contribution is 5.69. The van der Waals surface area contributed by atoms with E-state index in [0.29, 0.717) is 30.0 Å². The molecule has 0 aliphatic rings. The summed E-state index contributed by atoms with van der Waals surface area (Å²) < 4.78 is 6.40. The molecule has 0 aromatic carbocycles. The number of rotatable bonds is 3. The molecule has 0 spiro atoms. The Balaban J connectivity index is 2.45. The summed E-state index contributed by atoms with van der Waals surface area (Å²) in [6, 6.07) is 0. The van der Waals surface area contributed by atoms with Gasteiger partial charge in [-0.25, -0.2) is 14.8 Å². The third kappa shape index (κ3) is 1.75. The molecule has 0 amide bonds. The van der Waals surface area contributed by atoms with Crippen molar-refractivity contribution in [3.63, 3.8) is 0 Å². The summed E-state index contributed by atoms with van der Waals surface area (Å²) in [7, 11) is 3.30. The van der Waals surface area contributed by atoms with Crippen molar-refractivity contribution in [1.29, 1.82) is 0 Å². The average molecular weight is 208 g/mol. The molecule has 0 radical (unpaired) electrons. The zero-order valence-electron chi connectivity index (χ0n) is 8.65. The number of nitrogens with one attached hydrogen (secondary N) is 1. The van der Waals surface area contributed by atoms with Gasteiger partial charge in [0, 0.05) is 20.6 Å². The van der Waals surface area contributed by atoms with Crippen LogP contribution in [0.1, 0.15) is 5.82 Å². The van der Waals surface area contributed by atoms with Crippen LogP contribution in [0.25, 0.3) is 11.2 Å². The van der Waals surface area contributed by atoms with Crippen molar-refractivity contribution in [3.05, 3.63) is 22.5 Å². The van der Waals surface area contributed by atoms with E-state index in [0.717, 1.165) is 0 Å². The molecular weight excluding hydrogens is 196 g/mol. The van der Waals surface area contributed by atoms with E-state index in [4.69, 9.17) is 4.74 Å². The van der Waals surface area contributed by atoms with Gasteiger partial charge in [-0.1, -0.05) is 0 Å². The zero-order valence-corrected chi connectivity index (χ0v) is 8.65. The van der Waals surface area contributed by atoms with Crippen LogP contribution in [-0.4, -0.2) is 33.2 Å². The fraction of sp³-hybridized carbons (Fsp3) is 0.444. The SMILES string of the molecule is COCCc1ncc2[nH]c(=O)n(C)c2n1. The number of aryl methyl sites for hydroxylation is 1. The quantitative estimate of drug-likeness (QED) is 0.761. The van der Waals surface area contributed by atoms with Crippen LogP contribution in [0, 0.1) is 0 Å². The van der Waals surface area contributed by atoms with E-state index in [9.17, 15) is 4.79 Å². The number of aromatic nitrogens is 4. The first-order valence-corrected chi connectivity index (χ1v) is 4.62. The Kier molecular flexibility index (Phi) is 2.51. The van der Waals surface area contributed by atoms with Crippen molar-refractivity contribution in [1.82, 2.24) is 19.5 Å². The first-order chi connectivity index (χ1) is 7.22. The number of ether oxygens (including phenoxy) is 1. The Hall–Kier alpha value is -1.69. The second-order valence-electron chi connectivity index (χ2n) is 3.26. The Morgan fingerprint density at radius 2 is 2.40 bits per heavy atom. The van der Waals surface area contributed by atoms with Crippen molar-refractivity contribution < 1.29 is 4.74 Å². The van der Waals surface area contributed by atoms with E-state index in [1.807, 2.05) is 0 Å². The van der Waals surface area contributed by atoms with E-state index in [2.05, 4.69) is 15.0 Å². The van der Waals surface area contributed by atoms with Crippen LogP contribution in [0.2, 0.25) is 0 Å². The maximum atomic E-state index is 11.3. The minimum Gasteiger partial charge on any atom is -0.384 e. The number of imidazole rings is 1. The van der Waals surface area contributed by atoms with Crippen molar-refractivity contribution in [2.75, 3.05) is 13.7 Å². The molecule has 0 saturated carbocycles. The van der Waals surface area contributed by atoms with E-state index in [1.165, 1.54) is 4.57 Å². The number of fused-ring (bicyclic) bond motifs is 1. The Bertz CT molecular complexity index is 528. The molecule has 0 bridgehead atoms. The summed E-state index contributed by atoms with van der Waals surface area (Å²) in [5.74, 6) is 0.680. The molecule has 6 nitrogen and oxygen atoms in total. The fourth-order valence-electron chi connectivity index (χ4n) is 1.36. The minimum absolute atomic E-state index is 0.178. The molecule has 0 atom stereocenters. The molecule has 0 fully saturated rings. The Labute approximate surface area is 85.9 Å². The van der Waals surface area contributed by atoms with E-state index >= 15 is 0 Å². The number of hydrogen-bond donors (Lipinski definition) is 1. The van der Waals surface area contributed by atoms with Crippen LogP contribution in [0.5, 0.6) is 0 Å². The van der Waals surface area contributed by atoms with Gasteiger partial charge >= 0.3 is 5.69 Å². The zero-order chi connectivity index (χ0) is 10.8. The van der Waals surface area contributed by atoms with Crippen molar-refractivity contribution in [2.24, 2.45) is 7.05 Å². The molecule has 2 rings (SSSR count). The maximum Gasteiger partial charge on any atom is 0.327 e. The summed E-state index contributed by atoms with van der Waals surface area (Å²) in [5.41, 5.74) is 1.10. The van der Waals surface area contributed by atoms with Crippen LogP contribution in [0.3, 0.4) is 0 Å². The molecule has 2 aromatic heterocycles. The number of nitrogens with zero attached hydrogens (tertiary/aromatic N) is 3. The molecule has 2 heterocycles. The summed E-state index contributed by atoms with van der Waals surface area (Å²) in [6.07, 6.45) is 2.26. The Morgan fingerprint density at radius 1 is 1.60 bits per heavy atom. The van der Waals surface area contributed by atoms with Crippen LogP contribution >= 0.6 is 0 Å². The van der Waals surface area contributed by atoms with Gasteiger partial charge in [-0.2, -0.15) is 0 Å². The number of methoxy groups -OCH3 is 1. The third-order valence-electron chi connectivity index (χ3n) is 2.21. The van der Waals surface area contributed by atoms with E-state index < -0.39 is 0 Å². The van der Waals surface area contributed by atoms with Crippen LogP contribution in [-0.2, 0) is 18.2 Å². The van der Waals surface area contributed by atoms with Gasteiger partial charge < -0.3 is 9.72 Å². The molecule has 0 saturated heterocycles. The van der Waals surface area contributed by atoms with Crippen LogP contribution in [0.4, 0.5) is 0 Å². The van der Waals surface area contributed by atoms with Gasteiger partial charge in [0.15, 0.2) is 5.65 Å². The van der Waals surface area contributed by atoms with Gasteiger partial charge in [0.1, 0.15) is 11.3 Å². The van der Waals surface area contributed by atoms with Crippen LogP contribution in [0.15, 0.2) is 11.0 Å². The molecule has 0 aliphatic heterocycles. The second kappa shape index (κ2) is 3.82. The molecule has 1 N–H and O–H groups in total. The third-order valence-corrected chi connectivity index (χ3v) is 2.21. The van der Waals surface area contributed by atoms with Gasteiger partial charge in [-0.05, 0) is 0 Å². The van der Waals surface area contributed by atoms with Gasteiger partial charge in [-0.15, -0.1) is 0 Å². The molecule has 2 aromatic rings. The minimum atomic E-state index is -0.178. The fourth-order valence-corrected chi connectivity index (χ4v) is 1.36. The lowest BCUT2D eigenvalue weighted by Crippen LogP contribution is -2.12. The standard InChI is InChI=1S/C9H12N4O2/c1-13-8-6(11-9(13)14)5-10-7(12-8)3-4-15-2/h5H,3-4H2,1-2H3,(H,11,14). The molecule has 80 valence electrons. The second-order valence-corrected chi connectivity index (χ2v) is 3.26. The average Bonchev–Trinajstić information content (AvgIpc) is 2.52. The van der Waals surface area contributed by atoms with Crippen molar-refractivity contribution in [3.8, 4) is 0 Å². The molecule has 15 heavy (non-hydrogen) atoms. The lowest BCUT2D eigenvalue weighted by Gasteiger charge is -1.99. The monoisotopic (exact) mass is 208 g/mol. The highest BCUT2D eigenvalue weighted by atomic mass is 16.5. The number of H-pyrrole nitrogens is 1. The lowest BCUT2D eigenvalue weighted by atomic mass is 10.4. The predicted molar refractivity (Wildman–Crippen MR) is 54.7 cm³/mol. The smallest absolute Gasteiger partial charge is 0.327 e. The maximum absolute atomic E-state index is 11.3. The molecule has 6 heteroatoms. The van der Waals surface area contributed by atoms with Gasteiger partial charge in [0.2, 0.25) is 0 Å². The summed E-state index contributed by atoms with van der Waals surface area (Å²) >= 11 is 0. The molecular formula is C9H12N4O2. The molecule has 0 unspecified atom stereocenters. The van der Waals surface area contributed by atoms with Gasteiger partial charge in [0.05, 0.1) is 12.8 Å². The lowest BCUT2D eigenvalue weighted by molar-refractivity contribution is 0.200. The van der Waals surface area contributed by atoms with E-state index in [-0.39, 0.29) is 5.69 Å². The first kappa shape index (κ1) is 9.85. The Morgan fingerprint density at radius 3 is 3.13 bits per heavy atom. The van der Waals surface area contributed by atoms with E-state index in [1.54, 1.807) is 20.4 Å².